The van der Waals surface area contributed by atoms with E-state index >= 15 is 0 Å². The first-order chi connectivity index (χ1) is 10.0. The SMILES string of the molecule is C#CCNC(=O)CC(=O)N[C@@H]1c2cc(C)ccc2C[C@H]1C. The average Bonchev–Trinajstić information content (AvgIpc) is 2.72. The number of hydrogen-bond acceptors (Lipinski definition) is 2. The minimum atomic E-state index is -0.347. The molecule has 2 rings (SSSR count). The molecule has 4 nitrogen and oxygen atoms in total. The first kappa shape index (κ1) is 15.1. The predicted octanol–water partition coefficient (Wildman–Crippen LogP) is 1.48. The van der Waals surface area contributed by atoms with Crippen LogP contribution in [0.2, 0.25) is 0 Å². The van der Waals surface area contributed by atoms with Gasteiger partial charge in [-0.2, -0.15) is 0 Å². The first-order valence-electron chi connectivity index (χ1n) is 7.10. The van der Waals surface area contributed by atoms with E-state index in [1.807, 2.05) is 6.92 Å². The van der Waals surface area contributed by atoms with Crippen molar-refractivity contribution in [3.8, 4) is 12.3 Å². The molecule has 1 aromatic carbocycles. The maximum Gasteiger partial charge on any atom is 0.230 e. The molecule has 1 aliphatic rings. The molecular weight excluding hydrogens is 264 g/mol. The molecule has 0 aliphatic heterocycles. The summed E-state index contributed by atoms with van der Waals surface area (Å²) in [5.74, 6) is 2.03. The summed E-state index contributed by atoms with van der Waals surface area (Å²) in [6, 6.07) is 6.30. The summed E-state index contributed by atoms with van der Waals surface area (Å²) in [5.41, 5.74) is 3.61. The zero-order valence-electron chi connectivity index (χ0n) is 12.4. The first-order valence-corrected chi connectivity index (χ1v) is 7.10. The molecule has 0 saturated carbocycles. The van der Waals surface area contributed by atoms with Gasteiger partial charge in [0, 0.05) is 0 Å². The Balaban J connectivity index is 2.00. The molecule has 4 heteroatoms. The van der Waals surface area contributed by atoms with E-state index in [9.17, 15) is 9.59 Å². The molecule has 1 aliphatic carbocycles. The number of carbonyl (C=O) groups is 2. The molecule has 0 fully saturated rings. The molecule has 0 spiro atoms. The molecule has 2 atom stereocenters. The normalized spacial score (nSPS) is 19.5. The van der Waals surface area contributed by atoms with Crippen LogP contribution in [0.25, 0.3) is 0 Å². The fraction of sp³-hybridized carbons (Fsp3) is 0.412. The highest BCUT2D eigenvalue weighted by molar-refractivity contribution is 5.97. The van der Waals surface area contributed by atoms with Gasteiger partial charge < -0.3 is 10.6 Å². The lowest BCUT2D eigenvalue weighted by atomic mass is 10.0. The van der Waals surface area contributed by atoms with Crippen LogP contribution >= 0.6 is 0 Å². The molecule has 21 heavy (non-hydrogen) atoms. The molecule has 2 amide bonds. The van der Waals surface area contributed by atoms with Gasteiger partial charge in [0.25, 0.3) is 0 Å². The zero-order valence-corrected chi connectivity index (χ0v) is 12.4. The maximum atomic E-state index is 12.0. The van der Waals surface area contributed by atoms with Gasteiger partial charge in [-0.1, -0.05) is 36.6 Å². The van der Waals surface area contributed by atoms with E-state index in [4.69, 9.17) is 6.42 Å². The van der Waals surface area contributed by atoms with Crippen molar-refractivity contribution in [3.63, 3.8) is 0 Å². The maximum absolute atomic E-state index is 12.0. The van der Waals surface area contributed by atoms with Crippen molar-refractivity contribution >= 4 is 11.8 Å². The van der Waals surface area contributed by atoms with Gasteiger partial charge in [-0.3, -0.25) is 9.59 Å². The van der Waals surface area contributed by atoms with Gasteiger partial charge in [-0.15, -0.1) is 6.42 Å². The second-order valence-corrected chi connectivity index (χ2v) is 5.59. The summed E-state index contributed by atoms with van der Waals surface area (Å²) < 4.78 is 0. The molecule has 0 radical (unpaired) electrons. The van der Waals surface area contributed by atoms with Gasteiger partial charge in [-0.25, -0.2) is 0 Å². The minimum Gasteiger partial charge on any atom is -0.349 e. The lowest BCUT2D eigenvalue weighted by molar-refractivity contribution is -0.129. The Morgan fingerprint density at radius 2 is 2.14 bits per heavy atom. The van der Waals surface area contributed by atoms with Crippen LogP contribution in [-0.4, -0.2) is 18.4 Å². The van der Waals surface area contributed by atoms with E-state index in [1.165, 1.54) is 16.7 Å². The highest BCUT2D eigenvalue weighted by Crippen LogP contribution is 2.36. The third kappa shape index (κ3) is 3.63. The molecule has 0 aromatic heterocycles. The van der Waals surface area contributed by atoms with Crippen LogP contribution in [0.15, 0.2) is 18.2 Å². The molecule has 0 saturated heterocycles. The van der Waals surface area contributed by atoms with Crippen LogP contribution in [0, 0.1) is 25.2 Å². The van der Waals surface area contributed by atoms with Crippen molar-refractivity contribution in [1.29, 1.82) is 0 Å². The fourth-order valence-corrected chi connectivity index (χ4v) is 2.76. The Morgan fingerprint density at radius 1 is 1.38 bits per heavy atom. The van der Waals surface area contributed by atoms with Gasteiger partial charge in [0.2, 0.25) is 11.8 Å². The second kappa shape index (κ2) is 6.45. The standard InChI is InChI=1S/C17H20N2O2/c1-4-7-18-15(20)10-16(21)19-17-12(3)9-13-6-5-11(2)8-14(13)17/h1,5-6,8,12,17H,7,9-10H2,2-3H3,(H,18,20)(H,19,21)/t12-,17+/m1/s1. The van der Waals surface area contributed by atoms with Gasteiger partial charge >= 0.3 is 0 Å². The number of terminal acetylenes is 1. The molecular formula is C17H20N2O2. The number of fused-ring (bicyclic) bond motifs is 1. The van der Waals surface area contributed by atoms with E-state index in [1.54, 1.807) is 0 Å². The smallest absolute Gasteiger partial charge is 0.230 e. The molecule has 1 aromatic rings. The third-order valence-corrected chi connectivity index (χ3v) is 3.77. The zero-order chi connectivity index (χ0) is 15.4. The Bertz CT molecular complexity index is 601. The van der Waals surface area contributed by atoms with Crippen LogP contribution in [0.1, 0.15) is 36.1 Å². The van der Waals surface area contributed by atoms with Crippen LogP contribution in [-0.2, 0) is 16.0 Å². The Labute approximate surface area is 125 Å². The number of aryl methyl sites for hydroxylation is 1. The van der Waals surface area contributed by atoms with E-state index < -0.39 is 0 Å². The summed E-state index contributed by atoms with van der Waals surface area (Å²) >= 11 is 0. The largest absolute Gasteiger partial charge is 0.349 e. The Kier molecular flexibility index (Phi) is 4.64. The highest BCUT2D eigenvalue weighted by atomic mass is 16.2. The number of amides is 2. The van der Waals surface area contributed by atoms with Crippen molar-refractivity contribution in [3.05, 3.63) is 34.9 Å². The van der Waals surface area contributed by atoms with Gasteiger partial charge in [0.05, 0.1) is 12.6 Å². The Morgan fingerprint density at radius 3 is 2.86 bits per heavy atom. The van der Waals surface area contributed by atoms with Gasteiger partial charge in [0.1, 0.15) is 6.42 Å². The number of carbonyl (C=O) groups excluding carboxylic acids is 2. The lowest BCUT2D eigenvalue weighted by Gasteiger charge is -2.19. The van der Waals surface area contributed by atoms with E-state index in [0.717, 1.165) is 6.42 Å². The monoisotopic (exact) mass is 284 g/mol. The highest BCUT2D eigenvalue weighted by Gasteiger charge is 2.30. The molecule has 110 valence electrons. The van der Waals surface area contributed by atoms with E-state index in [0.29, 0.717) is 5.92 Å². The second-order valence-electron chi connectivity index (χ2n) is 5.59. The summed E-state index contributed by atoms with van der Waals surface area (Å²) in [4.78, 5) is 23.5. The van der Waals surface area contributed by atoms with Crippen LogP contribution in [0.4, 0.5) is 0 Å². The van der Waals surface area contributed by atoms with E-state index in [2.05, 4.69) is 41.7 Å². The lowest BCUT2D eigenvalue weighted by Crippen LogP contribution is -2.35. The summed E-state index contributed by atoms with van der Waals surface area (Å²) in [5, 5.41) is 5.46. The summed E-state index contributed by atoms with van der Waals surface area (Å²) in [7, 11) is 0. The number of hydrogen-bond donors (Lipinski definition) is 2. The third-order valence-electron chi connectivity index (χ3n) is 3.77. The predicted molar refractivity (Wildman–Crippen MR) is 81.4 cm³/mol. The minimum absolute atomic E-state index is 0.0205. The van der Waals surface area contributed by atoms with Crippen molar-refractivity contribution in [1.82, 2.24) is 10.6 Å². The number of benzene rings is 1. The molecule has 0 heterocycles. The number of rotatable bonds is 4. The van der Waals surface area contributed by atoms with Crippen molar-refractivity contribution in [2.24, 2.45) is 5.92 Å². The summed E-state index contributed by atoms with van der Waals surface area (Å²) in [6.07, 6.45) is 5.82. The van der Waals surface area contributed by atoms with Crippen molar-refractivity contribution < 1.29 is 9.59 Å². The molecule has 2 N–H and O–H groups in total. The molecule has 0 bridgehead atoms. The summed E-state index contributed by atoms with van der Waals surface area (Å²) in [6.45, 7) is 4.29. The van der Waals surface area contributed by atoms with Gasteiger partial charge in [0.15, 0.2) is 0 Å². The number of nitrogens with one attached hydrogen (secondary N) is 2. The van der Waals surface area contributed by atoms with Crippen LogP contribution in [0.5, 0.6) is 0 Å². The van der Waals surface area contributed by atoms with Crippen molar-refractivity contribution in [2.75, 3.05) is 6.54 Å². The fourth-order valence-electron chi connectivity index (χ4n) is 2.76. The van der Waals surface area contributed by atoms with Crippen molar-refractivity contribution in [2.45, 2.75) is 32.7 Å². The average molecular weight is 284 g/mol. The topological polar surface area (TPSA) is 58.2 Å². The van der Waals surface area contributed by atoms with Crippen LogP contribution in [0.3, 0.4) is 0 Å². The quantitative estimate of drug-likeness (QED) is 0.650. The van der Waals surface area contributed by atoms with E-state index in [-0.39, 0.29) is 30.8 Å². The Hall–Kier alpha value is -2.28. The molecule has 0 unspecified atom stereocenters. The van der Waals surface area contributed by atoms with Gasteiger partial charge in [-0.05, 0) is 30.4 Å². The van der Waals surface area contributed by atoms with Crippen LogP contribution < -0.4 is 10.6 Å².